The lowest BCUT2D eigenvalue weighted by molar-refractivity contribution is -0.135. The maximum absolute atomic E-state index is 13.0. The quantitative estimate of drug-likeness (QED) is 0.508. The van der Waals surface area contributed by atoms with Crippen molar-refractivity contribution in [1.82, 2.24) is 10.2 Å². The van der Waals surface area contributed by atoms with Gasteiger partial charge in [-0.05, 0) is 54.7 Å². The van der Waals surface area contributed by atoms with Crippen molar-refractivity contribution in [2.75, 3.05) is 30.9 Å². The van der Waals surface area contributed by atoms with E-state index in [2.05, 4.69) is 10.6 Å². The average Bonchev–Trinajstić information content (AvgIpc) is 2.76. The molecule has 0 radical (unpaired) electrons. The number of nitrogens with zero attached hydrogens (tertiary/aromatic N) is 1. The molecule has 172 valence electrons. The summed E-state index contributed by atoms with van der Waals surface area (Å²) in [6, 6.07) is 11.3. The molecule has 1 unspecified atom stereocenters. The number of hydrogen-bond donors (Lipinski definition) is 2. The molecule has 2 N–H and O–H groups in total. The van der Waals surface area contributed by atoms with Crippen molar-refractivity contribution >= 4 is 58.4 Å². The maximum atomic E-state index is 13.0. The standard InChI is InChI=1S/C23H27Cl2N3O3S/c1-4-15-7-5-6-8-19(15)26-21(29)14-28(2)23(31)20(11-12-32-3)27-22(30)17-10-9-16(24)13-18(17)25/h5-10,13,20H,4,11-12,14H2,1-3H3,(H,26,29)(H,27,30). The minimum atomic E-state index is -0.789. The van der Waals surface area contributed by atoms with Crippen LogP contribution in [0, 0.1) is 0 Å². The molecule has 0 heterocycles. The Morgan fingerprint density at radius 1 is 1.12 bits per heavy atom. The first-order valence-corrected chi connectivity index (χ1v) is 12.3. The number of amides is 3. The van der Waals surface area contributed by atoms with Gasteiger partial charge in [-0.1, -0.05) is 48.3 Å². The highest BCUT2D eigenvalue weighted by atomic mass is 35.5. The highest BCUT2D eigenvalue weighted by molar-refractivity contribution is 7.98. The summed E-state index contributed by atoms with van der Waals surface area (Å²) in [6.07, 6.45) is 3.12. The zero-order valence-corrected chi connectivity index (χ0v) is 20.6. The van der Waals surface area contributed by atoms with Gasteiger partial charge >= 0.3 is 0 Å². The zero-order valence-electron chi connectivity index (χ0n) is 18.3. The van der Waals surface area contributed by atoms with Crippen LogP contribution in [-0.2, 0) is 16.0 Å². The molecule has 32 heavy (non-hydrogen) atoms. The molecule has 0 aliphatic carbocycles. The Hall–Kier alpha value is -2.22. The third-order valence-corrected chi connectivity index (χ3v) is 6.01. The van der Waals surface area contributed by atoms with Crippen molar-refractivity contribution < 1.29 is 14.4 Å². The number of carbonyl (C=O) groups excluding carboxylic acids is 3. The predicted molar refractivity (Wildman–Crippen MR) is 133 cm³/mol. The SMILES string of the molecule is CCc1ccccc1NC(=O)CN(C)C(=O)C(CCSC)NC(=O)c1ccc(Cl)cc1Cl. The molecule has 0 bridgehead atoms. The van der Waals surface area contributed by atoms with Crippen molar-refractivity contribution in [3.63, 3.8) is 0 Å². The van der Waals surface area contributed by atoms with E-state index in [0.717, 1.165) is 17.7 Å². The first-order chi connectivity index (χ1) is 15.3. The second-order valence-corrected chi connectivity index (χ2v) is 9.01. The third-order valence-electron chi connectivity index (χ3n) is 4.82. The minimum absolute atomic E-state index is 0.135. The fourth-order valence-electron chi connectivity index (χ4n) is 3.10. The summed E-state index contributed by atoms with van der Waals surface area (Å²) >= 11 is 13.6. The maximum Gasteiger partial charge on any atom is 0.253 e. The molecule has 0 aromatic heterocycles. The van der Waals surface area contributed by atoms with Crippen LogP contribution < -0.4 is 10.6 Å². The van der Waals surface area contributed by atoms with Gasteiger partial charge in [0.25, 0.3) is 5.91 Å². The Labute approximate surface area is 203 Å². The number of hydrogen-bond acceptors (Lipinski definition) is 4. The summed E-state index contributed by atoms with van der Waals surface area (Å²) in [5, 5.41) is 6.22. The Morgan fingerprint density at radius 3 is 2.50 bits per heavy atom. The van der Waals surface area contributed by atoms with Crippen LogP contribution in [0.4, 0.5) is 5.69 Å². The number of carbonyl (C=O) groups is 3. The molecule has 0 spiro atoms. The van der Waals surface area contributed by atoms with Crippen molar-refractivity contribution in [2.24, 2.45) is 0 Å². The van der Waals surface area contributed by atoms with Crippen LogP contribution in [0.3, 0.4) is 0 Å². The van der Waals surface area contributed by atoms with Crippen LogP contribution >= 0.6 is 35.0 Å². The summed E-state index contributed by atoms with van der Waals surface area (Å²) in [7, 11) is 1.54. The van der Waals surface area contributed by atoms with Gasteiger partial charge in [0.2, 0.25) is 11.8 Å². The molecule has 1 atom stereocenters. The van der Waals surface area contributed by atoms with Crippen LogP contribution in [0.5, 0.6) is 0 Å². The van der Waals surface area contributed by atoms with Crippen molar-refractivity contribution in [2.45, 2.75) is 25.8 Å². The second-order valence-electron chi connectivity index (χ2n) is 7.18. The van der Waals surface area contributed by atoms with Gasteiger partial charge in [0.15, 0.2) is 0 Å². The number of likely N-dealkylation sites (N-methyl/N-ethyl adjacent to an activating group) is 1. The fraction of sp³-hybridized carbons (Fsp3) is 0.348. The number of rotatable bonds is 10. The molecule has 2 aromatic rings. The first kappa shape index (κ1) is 26.0. The first-order valence-electron chi connectivity index (χ1n) is 10.1. The second kappa shape index (κ2) is 12.7. The van der Waals surface area contributed by atoms with Gasteiger partial charge in [0.1, 0.15) is 6.04 Å². The zero-order chi connectivity index (χ0) is 23.7. The van der Waals surface area contributed by atoms with Crippen LogP contribution in [0.2, 0.25) is 10.0 Å². The van der Waals surface area contributed by atoms with Crippen molar-refractivity contribution in [3.05, 3.63) is 63.6 Å². The molecule has 3 amide bonds. The highest BCUT2D eigenvalue weighted by Gasteiger charge is 2.26. The van der Waals surface area contributed by atoms with Crippen molar-refractivity contribution in [1.29, 1.82) is 0 Å². The van der Waals surface area contributed by atoms with Gasteiger partial charge in [-0.15, -0.1) is 0 Å². The molecule has 9 heteroatoms. The van der Waals surface area contributed by atoms with Crippen LogP contribution in [-0.4, -0.2) is 54.3 Å². The number of aryl methyl sites for hydroxylation is 1. The van der Waals surface area contributed by atoms with E-state index in [1.165, 1.54) is 17.0 Å². The van der Waals surface area contributed by atoms with E-state index in [-0.39, 0.29) is 28.9 Å². The van der Waals surface area contributed by atoms with Crippen LogP contribution in [0.25, 0.3) is 0 Å². The molecular weight excluding hydrogens is 469 g/mol. The Morgan fingerprint density at radius 2 is 1.84 bits per heavy atom. The number of benzene rings is 2. The molecule has 0 fully saturated rings. The summed E-state index contributed by atoms with van der Waals surface area (Å²) < 4.78 is 0. The molecule has 0 saturated carbocycles. The molecule has 0 aliphatic rings. The van der Waals surface area contributed by atoms with E-state index in [1.54, 1.807) is 24.9 Å². The third kappa shape index (κ3) is 7.43. The van der Waals surface area contributed by atoms with Gasteiger partial charge in [-0.3, -0.25) is 14.4 Å². The molecule has 0 aliphatic heterocycles. The fourth-order valence-corrected chi connectivity index (χ4v) is 4.07. The summed E-state index contributed by atoms with van der Waals surface area (Å²) in [6.45, 7) is 1.87. The van der Waals surface area contributed by atoms with Gasteiger partial charge in [-0.25, -0.2) is 0 Å². The Balaban J connectivity index is 2.06. The Bertz CT molecular complexity index is 971. The molecular formula is C23H27Cl2N3O3S. The summed E-state index contributed by atoms with van der Waals surface area (Å²) in [4.78, 5) is 39.6. The highest BCUT2D eigenvalue weighted by Crippen LogP contribution is 2.21. The summed E-state index contributed by atoms with van der Waals surface area (Å²) in [5.41, 5.74) is 1.97. The van der Waals surface area contributed by atoms with E-state index in [4.69, 9.17) is 23.2 Å². The van der Waals surface area contributed by atoms with Crippen molar-refractivity contribution in [3.8, 4) is 0 Å². The molecule has 6 nitrogen and oxygen atoms in total. The van der Waals surface area contributed by atoms with E-state index < -0.39 is 11.9 Å². The Kier molecular flexibility index (Phi) is 10.4. The monoisotopic (exact) mass is 495 g/mol. The van der Waals surface area contributed by atoms with Crippen LogP contribution in [0.15, 0.2) is 42.5 Å². The lowest BCUT2D eigenvalue weighted by Crippen LogP contribution is -2.49. The smallest absolute Gasteiger partial charge is 0.253 e. The lowest BCUT2D eigenvalue weighted by Gasteiger charge is -2.24. The van der Waals surface area contributed by atoms with Crippen LogP contribution in [0.1, 0.15) is 29.3 Å². The topological polar surface area (TPSA) is 78.5 Å². The van der Waals surface area contributed by atoms with E-state index in [1.807, 2.05) is 37.4 Å². The lowest BCUT2D eigenvalue weighted by atomic mass is 10.1. The van der Waals surface area contributed by atoms with E-state index in [9.17, 15) is 14.4 Å². The minimum Gasteiger partial charge on any atom is -0.340 e. The number of nitrogens with one attached hydrogen (secondary N) is 2. The summed E-state index contributed by atoms with van der Waals surface area (Å²) in [5.74, 6) is -0.468. The van der Waals surface area contributed by atoms with Gasteiger partial charge < -0.3 is 15.5 Å². The largest absolute Gasteiger partial charge is 0.340 e. The number of para-hydroxylation sites is 1. The number of thioether (sulfide) groups is 1. The normalized spacial score (nSPS) is 11.5. The van der Waals surface area contributed by atoms with Gasteiger partial charge in [-0.2, -0.15) is 11.8 Å². The van der Waals surface area contributed by atoms with Gasteiger partial charge in [0, 0.05) is 17.8 Å². The predicted octanol–water partition coefficient (Wildman–Crippen LogP) is 4.50. The average molecular weight is 496 g/mol. The van der Waals surface area contributed by atoms with Gasteiger partial charge in [0.05, 0.1) is 17.1 Å². The van der Waals surface area contributed by atoms with E-state index in [0.29, 0.717) is 17.2 Å². The molecule has 2 rings (SSSR count). The molecule has 2 aromatic carbocycles. The number of halogens is 2. The molecule has 0 saturated heterocycles. The van der Waals surface area contributed by atoms with E-state index >= 15 is 0 Å². The number of anilines is 1.